The van der Waals surface area contributed by atoms with E-state index in [2.05, 4.69) is 104 Å². The molecule has 0 fully saturated rings. The van der Waals surface area contributed by atoms with Crippen LogP contribution in [-0.4, -0.2) is 12.0 Å². The van der Waals surface area contributed by atoms with Gasteiger partial charge in [-0.25, -0.2) is 0 Å². The molecule has 0 aliphatic carbocycles. The summed E-state index contributed by atoms with van der Waals surface area (Å²) in [5.41, 5.74) is 7.55. The number of nitrogens with zero attached hydrogens (tertiary/aromatic N) is 2. The summed E-state index contributed by atoms with van der Waals surface area (Å²) in [5.74, 6) is 0. The van der Waals surface area contributed by atoms with E-state index in [9.17, 15) is 0 Å². The lowest BCUT2D eigenvalue weighted by molar-refractivity contribution is 0.772. The van der Waals surface area contributed by atoms with Crippen molar-refractivity contribution in [1.29, 1.82) is 0 Å². The molecule has 1 aromatic heterocycles. The van der Waals surface area contributed by atoms with E-state index in [-0.39, 0.29) is 6.04 Å². The predicted octanol–water partition coefficient (Wildman–Crippen LogP) is 6.33. The van der Waals surface area contributed by atoms with Crippen LogP contribution < -0.4 is 4.90 Å². The summed E-state index contributed by atoms with van der Waals surface area (Å²) < 4.78 is 0. The lowest BCUT2D eigenvalue weighted by Gasteiger charge is -2.33. The number of benzene rings is 3. The number of para-hydroxylation sites is 1. The molecule has 140 valence electrons. The molecule has 1 atom stereocenters. The van der Waals surface area contributed by atoms with Crippen molar-refractivity contribution in [3.8, 4) is 0 Å². The summed E-state index contributed by atoms with van der Waals surface area (Å²) in [6.45, 7) is 4.41. The van der Waals surface area contributed by atoms with E-state index in [4.69, 9.17) is 0 Å². The second kappa shape index (κ2) is 7.85. The van der Waals surface area contributed by atoms with Crippen molar-refractivity contribution in [2.24, 2.45) is 0 Å². The molecule has 2 nitrogen and oxygen atoms in total. The third-order valence-electron chi connectivity index (χ3n) is 5.62. The van der Waals surface area contributed by atoms with Gasteiger partial charge in [0.15, 0.2) is 0 Å². The van der Waals surface area contributed by atoms with Gasteiger partial charge in [0.2, 0.25) is 0 Å². The second-order valence-corrected chi connectivity index (χ2v) is 7.26. The molecule has 4 rings (SSSR count). The Bertz CT molecular complexity index is 1090. The molecule has 0 saturated heterocycles. The minimum Gasteiger partial charge on any atom is -0.363 e. The first-order valence-electron chi connectivity index (χ1n) is 9.90. The average molecular weight is 367 g/mol. The maximum Gasteiger partial charge on any atom is 0.0796 e. The van der Waals surface area contributed by atoms with Gasteiger partial charge in [-0.2, -0.15) is 0 Å². The van der Waals surface area contributed by atoms with Crippen molar-refractivity contribution in [2.45, 2.75) is 26.3 Å². The van der Waals surface area contributed by atoms with E-state index in [1.807, 2.05) is 12.3 Å². The quantitative estimate of drug-likeness (QED) is 0.410. The van der Waals surface area contributed by atoms with Crippen molar-refractivity contribution in [2.75, 3.05) is 11.9 Å². The molecule has 4 aromatic rings. The predicted molar refractivity (Wildman–Crippen MR) is 119 cm³/mol. The van der Waals surface area contributed by atoms with Gasteiger partial charge in [0, 0.05) is 24.3 Å². The molecule has 28 heavy (non-hydrogen) atoms. The zero-order valence-electron chi connectivity index (χ0n) is 16.8. The molecule has 2 heteroatoms. The monoisotopic (exact) mass is 366 g/mol. The molecule has 0 N–H and O–H groups in total. The Labute approximate surface area is 167 Å². The Morgan fingerprint density at radius 2 is 1.61 bits per heavy atom. The summed E-state index contributed by atoms with van der Waals surface area (Å²) in [6, 6.07) is 28.2. The molecule has 0 aliphatic heterocycles. The van der Waals surface area contributed by atoms with E-state index in [1.165, 1.54) is 33.3 Å². The zero-order chi connectivity index (χ0) is 19.5. The standard InChI is InChI=1S/C26H26N2/c1-4-20-11-8-9-15-24(20)28(3)26(22-12-6-5-7-13-22)23-17-16-21-14-10-18-27-25(21)19(23)2/h5-18,26H,4H2,1-3H3. The van der Waals surface area contributed by atoms with Crippen LogP contribution in [0, 0.1) is 6.92 Å². The summed E-state index contributed by atoms with van der Waals surface area (Å²) >= 11 is 0. The minimum absolute atomic E-state index is 0.125. The summed E-state index contributed by atoms with van der Waals surface area (Å²) in [4.78, 5) is 7.07. The van der Waals surface area contributed by atoms with E-state index >= 15 is 0 Å². The van der Waals surface area contributed by atoms with Crippen LogP contribution in [0.25, 0.3) is 10.9 Å². The Morgan fingerprint density at radius 3 is 2.39 bits per heavy atom. The van der Waals surface area contributed by atoms with Gasteiger partial charge in [0.25, 0.3) is 0 Å². The van der Waals surface area contributed by atoms with Crippen molar-refractivity contribution >= 4 is 16.6 Å². The highest BCUT2D eigenvalue weighted by molar-refractivity contribution is 5.83. The maximum absolute atomic E-state index is 4.66. The second-order valence-electron chi connectivity index (χ2n) is 7.26. The van der Waals surface area contributed by atoms with Gasteiger partial charge >= 0.3 is 0 Å². The fourth-order valence-corrected chi connectivity index (χ4v) is 4.14. The molecule has 0 radical (unpaired) electrons. The molecular weight excluding hydrogens is 340 g/mol. The fraction of sp³-hybridized carbons (Fsp3) is 0.192. The molecule has 3 aromatic carbocycles. The van der Waals surface area contributed by atoms with Gasteiger partial charge in [-0.3, -0.25) is 4.98 Å². The first-order valence-corrected chi connectivity index (χ1v) is 9.90. The Morgan fingerprint density at radius 1 is 0.857 bits per heavy atom. The molecule has 0 bridgehead atoms. The molecule has 0 aliphatic rings. The van der Waals surface area contributed by atoms with Gasteiger partial charge in [-0.05, 0) is 47.7 Å². The number of rotatable bonds is 5. The van der Waals surface area contributed by atoms with Crippen molar-refractivity contribution in [1.82, 2.24) is 4.98 Å². The number of aromatic nitrogens is 1. The Hall–Kier alpha value is -3.13. The maximum atomic E-state index is 4.66. The number of fused-ring (bicyclic) bond motifs is 1. The largest absolute Gasteiger partial charge is 0.363 e. The van der Waals surface area contributed by atoms with E-state index < -0.39 is 0 Å². The van der Waals surface area contributed by atoms with Crippen LogP contribution in [0.5, 0.6) is 0 Å². The number of pyridine rings is 1. The topological polar surface area (TPSA) is 16.1 Å². The first-order chi connectivity index (χ1) is 13.7. The average Bonchev–Trinajstić information content (AvgIpc) is 2.76. The van der Waals surface area contributed by atoms with E-state index in [0.29, 0.717) is 0 Å². The van der Waals surface area contributed by atoms with Gasteiger partial charge in [-0.15, -0.1) is 0 Å². The zero-order valence-corrected chi connectivity index (χ0v) is 16.8. The molecule has 1 heterocycles. The van der Waals surface area contributed by atoms with Crippen LogP contribution in [0.4, 0.5) is 5.69 Å². The summed E-state index contributed by atoms with van der Waals surface area (Å²) in [7, 11) is 2.20. The van der Waals surface area contributed by atoms with Gasteiger partial charge < -0.3 is 4.90 Å². The van der Waals surface area contributed by atoms with Crippen molar-refractivity contribution in [3.63, 3.8) is 0 Å². The highest BCUT2D eigenvalue weighted by Gasteiger charge is 2.23. The number of hydrogen-bond acceptors (Lipinski definition) is 2. The van der Waals surface area contributed by atoms with E-state index in [0.717, 1.165) is 11.9 Å². The number of aryl methyl sites for hydroxylation is 2. The van der Waals surface area contributed by atoms with Crippen molar-refractivity contribution in [3.05, 3.63) is 107 Å². The SMILES string of the molecule is CCc1ccccc1N(C)C(c1ccccc1)c1ccc2cccnc2c1C. The third-order valence-corrected chi connectivity index (χ3v) is 5.62. The van der Waals surface area contributed by atoms with Crippen LogP contribution in [0.3, 0.4) is 0 Å². The smallest absolute Gasteiger partial charge is 0.0796 e. The molecule has 0 spiro atoms. The number of anilines is 1. The lowest BCUT2D eigenvalue weighted by atomic mass is 9.91. The highest BCUT2D eigenvalue weighted by Crippen LogP contribution is 2.36. The van der Waals surface area contributed by atoms with Gasteiger partial charge in [0.05, 0.1) is 11.6 Å². The minimum atomic E-state index is 0.125. The van der Waals surface area contributed by atoms with Gasteiger partial charge in [0.1, 0.15) is 0 Å². The molecule has 0 amide bonds. The fourth-order valence-electron chi connectivity index (χ4n) is 4.14. The van der Waals surface area contributed by atoms with Crippen LogP contribution >= 0.6 is 0 Å². The van der Waals surface area contributed by atoms with Crippen LogP contribution in [0.15, 0.2) is 85.1 Å². The number of hydrogen-bond donors (Lipinski definition) is 0. The van der Waals surface area contributed by atoms with Crippen LogP contribution in [0.2, 0.25) is 0 Å². The highest BCUT2D eigenvalue weighted by atomic mass is 15.1. The van der Waals surface area contributed by atoms with Crippen LogP contribution in [-0.2, 0) is 6.42 Å². The van der Waals surface area contributed by atoms with Gasteiger partial charge in [-0.1, -0.05) is 73.7 Å². The summed E-state index contributed by atoms with van der Waals surface area (Å²) in [6.07, 6.45) is 2.90. The summed E-state index contributed by atoms with van der Waals surface area (Å²) in [5, 5.41) is 1.19. The van der Waals surface area contributed by atoms with Crippen LogP contribution in [0.1, 0.15) is 35.2 Å². The molecular formula is C26H26N2. The van der Waals surface area contributed by atoms with E-state index in [1.54, 1.807) is 0 Å². The first kappa shape index (κ1) is 18.2. The Balaban J connectivity index is 1.91. The third kappa shape index (κ3) is 3.27. The molecule has 0 saturated carbocycles. The molecule has 1 unspecified atom stereocenters. The lowest BCUT2D eigenvalue weighted by Crippen LogP contribution is -2.27. The Kier molecular flexibility index (Phi) is 5.12. The normalized spacial score (nSPS) is 12.1. The van der Waals surface area contributed by atoms with Crippen molar-refractivity contribution < 1.29 is 0 Å².